The maximum Gasteiger partial charge on any atom is 0.503 e. The molecule has 0 saturated heterocycles. The number of hydrogen-bond donors (Lipinski definition) is 0. The standard InChI is InChI=1S/C8H18O5Si/c1-7(13-8(2)9)6-14(10-3,11-4)12-5/h7H,6H2,1-5H3. The summed E-state index contributed by atoms with van der Waals surface area (Å²) in [5, 5.41) is 0. The molecule has 0 amide bonds. The van der Waals surface area contributed by atoms with E-state index in [1.807, 2.05) is 0 Å². The van der Waals surface area contributed by atoms with E-state index in [1.165, 1.54) is 28.3 Å². The lowest BCUT2D eigenvalue weighted by Gasteiger charge is -2.26. The molecule has 0 saturated carbocycles. The smallest absolute Gasteiger partial charge is 0.463 e. The molecular weight excluding hydrogens is 204 g/mol. The van der Waals surface area contributed by atoms with Crippen LogP contribution in [0.2, 0.25) is 6.04 Å². The summed E-state index contributed by atoms with van der Waals surface area (Å²) >= 11 is 0. The number of carbonyl (C=O) groups excluding carboxylic acids is 1. The highest BCUT2D eigenvalue weighted by molar-refractivity contribution is 6.60. The molecule has 0 fully saturated rings. The largest absolute Gasteiger partial charge is 0.503 e. The van der Waals surface area contributed by atoms with E-state index >= 15 is 0 Å². The van der Waals surface area contributed by atoms with E-state index in [0.29, 0.717) is 6.04 Å². The van der Waals surface area contributed by atoms with Gasteiger partial charge in [-0.3, -0.25) is 4.79 Å². The molecule has 6 heteroatoms. The number of hydrogen-bond acceptors (Lipinski definition) is 5. The highest BCUT2D eigenvalue weighted by Crippen LogP contribution is 2.16. The van der Waals surface area contributed by atoms with E-state index in [-0.39, 0.29) is 12.1 Å². The molecule has 1 unspecified atom stereocenters. The van der Waals surface area contributed by atoms with Crippen LogP contribution in [0.3, 0.4) is 0 Å². The second kappa shape index (κ2) is 6.13. The SMILES string of the molecule is CO[Si](CC(C)OC(C)=O)(OC)OC. The summed E-state index contributed by atoms with van der Waals surface area (Å²) < 4.78 is 20.5. The number of carbonyl (C=O) groups is 1. The summed E-state index contributed by atoms with van der Waals surface area (Å²) in [5.74, 6) is -0.316. The molecule has 0 bridgehead atoms. The van der Waals surface area contributed by atoms with Crippen molar-refractivity contribution in [2.24, 2.45) is 0 Å². The first-order valence-corrected chi connectivity index (χ1v) is 6.25. The van der Waals surface area contributed by atoms with Gasteiger partial charge in [0.05, 0.1) is 6.04 Å². The summed E-state index contributed by atoms with van der Waals surface area (Å²) in [6.45, 7) is 3.15. The van der Waals surface area contributed by atoms with Gasteiger partial charge in [0.15, 0.2) is 0 Å². The van der Waals surface area contributed by atoms with E-state index < -0.39 is 8.80 Å². The van der Waals surface area contributed by atoms with Crippen molar-refractivity contribution in [3.63, 3.8) is 0 Å². The van der Waals surface area contributed by atoms with Gasteiger partial charge in [0.25, 0.3) is 0 Å². The van der Waals surface area contributed by atoms with E-state index in [9.17, 15) is 4.79 Å². The van der Waals surface area contributed by atoms with Crippen molar-refractivity contribution in [3.05, 3.63) is 0 Å². The van der Waals surface area contributed by atoms with Gasteiger partial charge in [0.1, 0.15) is 6.10 Å². The summed E-state index contributed by atoms with van der Waals surface area (Å²) in [5.41, 5.74) is 0. The molecule has 0 heterocycles. The van der Waals surface area contributed by atoms with Gasteiger partial charge in [-0.15, -0.1) is 0 Å². The van der Waals surface area contributed by atoms with Crippen molar-refractivity contribution in [1.29, 1.82) is 0 Å². The highest BCUT2D eigenvalue weighted by atomic mass is 28.4. The van der Waals surface area contributed by atoms with Crippen LogP contribution in [0.25, 0.3) is 0 Å². The first kappa shape index (κ1) is 13.6. The van der Waals surface area contributed by atoms with Crippen LogP contribution in [-0.4, -0.2) is 42.2 Å². The summed E-state index contributed by atoms with van der Waals surface area (Å²) in [6.07, 6.45) is -0.265. The molecule has 0 aromatic rings. The second-order valence-electron chi connectivity index (χ2n) is 2.92. The first-order valence-electron chi connectivity index (χ1n) is 4.32. The van der Waals surface area contributed by atoms with Crippen molar-refractivity contribution in [2.75, 3.05) is 21.3 Å². The van der Waals surface area contributed by atoms with Gasteiger partial charge in [0.2, 0.25) is 0 Å². The lowest BCUT2D eigenvalue weighted by molar-refractivity contribution is -0.144. The van der Waals surface area contributed by atoms with Gasteiger partial charge in [-0.25, -0.2) is 0 Å². The second-order valence-corrected chi connectivity index (χ2v) is 5.92. The van der Waals surface area contributed by atoms with Crippen molar-refractivity contribution in [1.82, 2.24) is 0 Å². The maximum atomic E-state index is 10.7. The average molecular weight is 222 g/mol. The molecule has 0 N–H and O–H groups in total. The Balaban J connectivity index is 4.21. The minimum Gasteiger partial charge on any atom is -0.463 e. The van der Waals surface area contributed by atoms with Crippen LogP contribution in [0.15, 0.2) is 0 Å². The molecule has 0 aliphatic carbocycles. The van der Waals surface area contributed by atoms with Gasteiger partial charge in [0, 0.05) is 28.3 Å². The molecule has 0 aromatic heterocycles. The third-order valence-corrected chi connectivity index (χ3v) is 4.78. The lowest BCUT2D eigenvalue weighted by atomic mass is 10.5. The molecule has 5 nitrogen and oxygen atoms in total. The van der Waals surface area contributed by atoms with Crippen LogP contribution in [0.1, 0.15) is 13.8 Å². The molecule has 84 valence electrons. The zero-order valence-electron chi connectivity index (χ0n) is 9.33. The Kier molecular flexibility index (Phi) is 5.94. The Hall–Kier alpha value is -0.433. The first-order chi connectivity index (χ1) is 6.49. The quantitative estimate of drug-likeness (QED) is 0.492. The molecular formula is C8H18O5Si. The van der Waals surface area contributed by atoms with Crippen LogP contribution >= 0.6 is 0 Å². The zero-order valence-corrected chi connectivity index (χ0v) is 10.3. The Labute approximate surface area is 85.7 Å². The van der Waals surface area contributed by atoms with E-state index in [4.69, 9.17) is 18.0 Å². The molecule has 0 aliphatic rings. The Morgan fingerprint density at radius 3 is 1.93 bits per heavy atom. The fraction of sp³-hybridized carbons (Fsp3) is 0.875. The third-order valence-electron chi connectivity index (χ3n) is 1.84. The Morgan fingerprint density at radius 2 is 1.64 bits per heavy atom. The minimum atomic E-state index is -2.62. The fourth-order valence-corrected chi connectivity index (χ4v) is 2.96. The Morgan fingerprint density at radius 1 is 1.21 bits per heavy atom. The summed E-state index contributed by atoms with van der Waals surface area (Å²) in [4.78, 5) is 10.7. The normalized spacial score (nSPS) is 13.8. The number of ether oxygens (including phenoxy) is 1. The van der Waals surface area contributed by atoms with Gasteiger partial charge >= 0.3 is 14.8 Å². The molecule has 0 aliphatic heterocycles. The van der Waals surface area contributed by atoms with E-state index in [0.717, 1.165) is 0 Å². The van der Waals surface area contributed by atoms with Crippen LogP contribution in [0.4, 0.5) is 0 Å². The van der Waals surface area contributed by atoms with Gasteiger partial charge in [-0.1, -0.05) is 0 Å². The van der Waals surface area contributed by atoms with Gasteiger partial charge in [-0.05, 0) is 6.92 Å². The highest BCUT2D eigenvalue weighted by Gasteiger charge is 2.40. The monoisotopic (exact) mass is 222 g/mol. The molecule has 0 rings (SSSR count). The lowest BCUT2D eigenvalue weighted by Crippen LogP contribution is -2.45. The van der Waals surface area contributed by atoms with Crippen LogP contribution < -0.4 is 0 Å². The van der Waals surface area contributed by atoms with Crippen LogP contribution in [0, 0.1) is 0 Å². The molecule has 1 atom stereocenters. The predicted octanol–water partition coefficient (Wildman–Crippen LogP) is 0.816. The molecule has 0 aromatic carbocycles. The predicted molar refractivity (Wildman–Crippen MR) is 52.8 cm³/mol. The maximum absolute atomic E-state index is 10.7. The summed E-state index contributed by atoms with van der Waals surface area (Å²) in [6, 6.07) is 0.454. The number of rotatable bonds is 6. The van der Waals surface area contributed by atoms with E-state index in [2.05, 4.69) is 0 Å². The van der Waals surface area contributed by atoms with Crippen LogP contribution in [0.5, 0.6) is 0 Å². The van der Waals surface area contributed by atoms with Crippen molar-refractivity contribution in [3.8, 4) is 0 Å². The Bertz CT molecular complexity index is 172. The van der Waals surface area contributed by atoms with E-state index in [1.54, 1.807) is 6.92 Å². The fourth-order valence-electron chi connectivity index (χ4n) is 1.18. The molecule has 14 heavy (non-hydrogen) atoms. The van der Waals surface area contributed by atoms with Crippen LogP contribution in [-0.2, 0) is 22.8 Å². The average Bonchev–Trinajstić information content (AvgIpc) is 2.13. The zero-order chi connectivity index (χ0) is 11.2. The summed E-state index contributed by atoms with van der Waals surface area (Å²) in [7, 11) is 1.96. The van der Waals surface area contributed by atoms with Gasteiger partial charge in [-0.2, -0.15) is 0 Å². The van der Waals surface area contributed by atoms with Crippen molar-refractivity contribution >= 4 is 14.8 Å². The van der Waals surface area contributed by atoms with Crippen molar-refractivity contribution < 1.29 is 22.8 Å². The molecule has 0 radical (unpaired) electrons. The minimum absolute atomic E-state index is 0.265. The van der Waals surface area contributed by atoms with Crippen molar-refractivity contribution in [2.45, 2.75) is 26.0 Å². The number of esters is 1. The van der Waals surface area contributed by atoms with Gasteiger partial charge < -0.3 is 18.0 Å². The topological polar surface area (TPSA) is 54.0 Å². The third kappa shape index (κ3) is 4.19. The molecule has 0 spiro atoms.